The van der Waals surface area contributed by atoms with Gasteiger partial charge in [0.05, 0.1) is 0 Å². The van der Waals surface area contributed by atoms with Crippen molar-refractivity contribution in [1.82, 2.24) is 0 Å². The van der Waals surface area contributed by atoms with E-state index in [0.29, 0.717) is 6.42 Å². The maximum atomic E-state index is 10.6. The molecule has 0 aliphatic carbocycles. The van der Waals surface area contributed by atoms with Gasteiger partial charge in [-0.3, -0.25) is 9.13 Å². The highest BCUT2D eigenvalue weighted by molar-refractivity contribution is 7.70. The van der Waals surface area contributed by atoms with Crippen LogP contribution in [-0.4, -0.2) is 31.8 Å². The molecule has 0 amide bonds. The van der Waals surface area contributed by atoms with Gasteiger partial charge in [0.15, 0.2) is 0 Å². The zero-order valence-corrected chi connectivity index (χ0v) is 8.69. The van der Waals surface area contributed by atoms with Crippen LogP contribution in [0.25, 0.3) is 0 Å². The molecule has 9 heteroatoms. The van der Waals surface area contributed by atoms with Crippen molar-refractivity contribution in [1.29, 1.82) is 0 Å². The van der Waals surface area contributed by atoms with E-state index in [0.717, 1.165) is 0 Å². The molecule has 0 radical (unpaired) electrons. The maximum Gasteiger partial charge on any atom is 0.366 e. The fourth-order valence-electron chi connectivity index (χ4n) is 0.613. The van der Waals surface area contributed by atoms with Gasteiger partial charge in [-0.25, -0.2) is 0 Å². The first kappa shape index (κ1) is 13.3. The lowest BCUT2D eigenvalue weighted by molar-refractivity contribution is 0.113. The summed E-state index contributed by atoms with van der Waals surface area (Å²) in [6, 6.07) is 0. The third-order valence-corrected chi connectivity index (χ3v) is 4.30. The summed E-state index contributed by atoms with van der Waals surface area (Å²) >= 11 is 0. The summed E-state index contributed by atoms with van der Waals surface area (Å²) < 4.78 is 25.5. The number of hydrogen-bond donors (Lipinski definition) is 4. The second-order valence-electron chi connectivity index (χ2n) is 2.38. The van der Waals surface area contributed by atoms with Crippen molar-refractivity contribution < 1.29 is 33.4 Å². The quantitative estimate of drug-likeness (QED) is 0.495. The van der Waals surface area contributed by atoms with E-state index in [9.17, 15) is 9.13 Å². The largest absolute Gasteiger partial charge is 0.366 e. The first-order valence-electron chi connectivity index (χ1n) is 3.41. The molecule has 0 spiro atoms. The minimum Gasteiger partial charge on any atom is -0.355 e. The standard InChI is InChI=1S/C4H12O7P2/c1-2-3-11-4(12(5,6)7)13(8,9)10/h4H,2-3H2,1H3,(H2,5,6,7)(H2,8,9,10). The molecule has 4 N–H and O–H groups in total. The van der Waals surface area contributed by atoms with Gasteiger partial charge in [-0.15, -0.1) is 0 Å². The van der Waals surface area contributed by atoms with Crippen LogP contribution in [0, 0.1) is 0 Å². The van der Waals surface area contributed by atoms with Gasteiger partial charge in [0.1, 0.15) is 0 Å². The van der Waals surface area contributed by atoms with Gasteiger partial charge in [0.25, 0.3) is 5.59 Å². The SMILES string of the molecule is CCCOC(P(=O)(O)O)P(=O)(O)O. The zero-order valence-electron chi connectivity index (χ0n) is 6.90. The highest BCUT2D eigenvalue weighted by Crippen LogP contribution is 2.60. The summed E-state index contributed by atoms with van der Waals surface area (Å²) in [5, 5.41) is 0. The molecule has 0 aromatic rings. The molecule has 0 bridgehead atoms. The highest BCUT2D eigenvalue weighted by Gasteiger charge is 2.44. The van der Waals surface area contributed by atoms with Crippen molar-refractivity contribution >= 4 is 15.2 Å². The Kier molecular flexibility index (Phi) is 4.76. The van der Waals surface area contributed by atoms with E-state index in [2.05, 4.69) is 4.74 Å². The van der Waals surface area contributed by atoms with Crippen LogP contribution < -0.4 is 0 Å². The average Bonchev–Trinajstić information content (AvgIpc) is 1.81. The van der Waals surface area contributed by atoms with E-state index < -0.39 is 20.8 Å². The first-order chi connectivity index (χ1) is 5.69. The second kappa shape index (κ2) is 4.66. The number of hydrogen-bond acceptors (Lipinski definition) is 3. The Morgan fingerprint density at radius 3 is 1.77 bits per heavy atom. The predicted molar refractivity (Wildman–Crippen MR) is 44.1 cm³/mol. The summed E-state index contributed by atoms with van der Waals surface area (Å²) in [5.74, 6) is 0. The molecular formula is C4H12O7P2. The third-order valence-electron chi connectivity index (χ3n) is 1.05. The highest BCUT2D eigenvalue weighted by atomic mass is 31.2. The van der Waals surface area contributed by atoms with Gasteiger partial charge < -0.3 is 24.3 Å². The fraction of sp³-hybridized carbons (Fsp3) is 1.00. The van der Waals surface area contributed by atoms with Crippen LogP contribution in [0.4, 0.5) is 0 Å². The van der Waals surface area contributed by atoms with Crippen LogP contribution in [-0.2, 0) is 13.9 Å². The molecule has 80 valence electrons. The van der Waals surface area contributed by atoms with E-state index in [1.807, 2.05) is 0 Å². The van der Waals surface area contributed by atoms with E-state index in [4.69, 9.17) is 19.6 Å². The second-order valence-corrected chi connectivity index (χ2v) is 6.08. The molecule has 13 heavy (non-hydrogen) atoms. The Bertz CT molecular complexity index is 217. The number of ether oxygens (including phenoxy) is 1. The molecule has 7 nitrogen and oxygen atoms in total. The van der Waals surface area contributed by atoms with Crippen LogP contribution in [0.3, 0.4) is 0 Å². The lowest BCUT2D eigenvalue weighted by Crippen LogP contribution is -2.14. The zero-order chi connectivity index (χ0) is 10.7. The van der Waals surface area contributed by atoms with E-state index in [1.165, 1.54) is 0 Å². The summed E-state index contributed by atoms with van der Waals surface area (Å²) in [7, 11) is -9.82. The van der Waals surface area contributed by atoms with Gasteiger partial charge in [0, 0.05) is 6.61 Å². The van der Waals surface area contributed by atoms with Crippen LogP contribution in [0.15, 0.2) is 0 Å². The molecule has 0 aromatic carbocycles. The van der Waals surface area contributed by atoms with Gasteiger partial charge in [0.2, 0.25) is 0 Å². The Balaban J connectivity index is 4.59. The van der Waals surface area contributed by atoms with Crippen LogP contribution in [0.1, 0.15) is 13.3 Å². The van der Waals surface area contributed by atoms with Crippen LogP contribution in [0.5, 0.6) is 0 Å². The minimum absolute atomic E-state index is 0.110. The van der Waals surface area contributed by atoms with Gasteiger partial charge >= 0.3 is 15.2 Å². The van der Waals surface area contributed by atoms with Gasteiger partial charge in [-0.05, 0) is 6.42 Å². The topological polar surface area (TPSA) is 124 Å². The van der Waals surface area contributed by atoms with Crippen molar-refractivity contribution in [3.63, 3.8) is 0 Å². The van der Waals surface area contributed by atoms with Crippen molar-refractivity contribution in [2.45, 2.75) is 18.9 Å². The predicted octanol–water partition coefficient (Wildman–Crippen LogP) is 0.0520. The summed E-state index contributed by atoms with van der Waals surface area (Å²) in [4.78, 5) is 34.1. The molecule has 0 saturated carbocycles. The van der Waals surface area contributed by atoms with Crippen molar-refractivity contribution in [3.05, 3.63) is 0 Å². The van der Waals surface area contributed by atoms with Crippen LogP contribution >= 0.6 is 15.2 Å². The molecule has 0 fully saturated rings. The third kappa shape index (κ3) is 4.88. The van der Waals surface area contributed by atoms with Crippen molar-refractivity contribution in [3.8, 4) is 0 Å². The number of rotatable bonds is 5. The van der Waals surface area contributed by atoms with Gasteiger partial charge in [-0.2, -0.15) is 0 Å². The lowest BCUT2D eigenvalue weighted by atomic mass is 10.5. The fourth-order valence-corrected chi connectivity index (χ4v) is 2.78. The van der Waals surface area contributed by atoms with E-state index in [-0.39, 0.29) is 6.61 Å². The molecule has 0 rings (SSSR count). The first-order valence-corrected chi connectivity index (χ1v) is 6.78. The lowest BCUT2D eigenvalue weighted by Gasteiger charge is -2.19. The van der Waals surface area contributed by atoms with E-state index in [1.54, 1.807) is 6.92 Å². The van der Waals surface area contributed by atoms with E-state index >= 15 is 0 Å². The molecule has 0 heterocycles. The van der Waals surface area contributed by atoms with Crippen molar-refractivity contribution in [2.24, 2.45) is 0 Å². The molecular weight excluding hydrogens is 222 g/mol. The molecule has 0 aliphatic rings. The molecule has 0 atom stereocenters. The molecule has 0 unspecified atom stereocenters. The average molecular weight is 234 g/mol. The summed E-state index contributed by atoms with van der Waals surface area (Å²) in [6.07, 6.45) is 0.413. The summed E-state index contributed by atoms with van der Waals surface area (Å²) in [6.45, 7) is 1.54. The Hall–Kier alpha value is 0.260. The molecule has 0 aliphatic heterocycles. The minimum atomic E-state index is -4.91. The molecule has 0 aromatic heterocycles. The molecule has 0 saturated heterocycles. The van der Waals surface area contributed by atoms with Gasteiger partial charge in [-0.1, -0.05) is 6.92 Å². The monoisotopic (exact) mass is 234 g/mol. The maximum absolute atomic E-state index is 10.6. The normalized spacial score (nSPS) is 13.7. The van der Waals surface area contributed by atoms with Crippen LogP contribution in [0.2, 0.25) is 0 Å². The Morgan fingerprint density at radius 2 is 1.54 bits per heavy atom. The van der Waals surface area contributed by atoms with Crippen molar-refractivity contribution in [2.75, 3.05) is 6.61 Å². The smallest absolute Gasteiger partial charge is 0.355 e. The Morgan fingerprint density at radius 1 is 1.15 bits per heavy atom. The summed E-state index contributed by atoms with van der Waals surface area (Å²) in [5.41, 5.74) is -2.33. The Labute approximate surface area is 75.1 Å².